The Bertz CT molecular complexity index is 627. The summed E-state index contributed by atoms with van der Waals surface area (Å²) in [5.74, 6) is 1.56. The molecule has 0 spiro atoms. The van der Waals surface area contributed by atoms with Gasteiger partial charge in [0.15, 0.2) is 5.82 Å². The summed E-state index contributed by atoms with van der Waals surface area (Å²) in [5.41, 5.74) is 3.94. The maximum absolute atomic E-state index is 5.51. The van der Waals surface area contributed by atoms with Crippen molar-refractivity contribution in [2.75, 3.05) is 18.5 Å². The zero-order valence-corrected chi connectivity index (χ0v) is 11.8. The van der Waals surface area contributed by atoms with E-state index in [1.54, 1.807) is 0 Å². The minimum absolute atomic E-state index is 0.583. The van der Waals surface area contributed by atoms with Crippen molar-refractivity contribution in [3.63, 3.8) is 0 Å². The molecule has 0 bridgehead atoms. The molecule has 1 aliphatic rings. The van der Waals surface area contributed by atoms with Crippen LogP contribution in [0.25, 0.3) is 11.5 Å². The van der Waals surface area contributed by atoms with E-state index in [0.29, 0.717) is 12.4 Å². The number of nitrogens with zero attached hydrogens (tertiary/aromatic N) is 3. The summed E-state index contributed by atoms with van der Waals surface area (Å²) in [6.07, 6.45) is 0.828. The van der Waals surface area contributed by atoms with E-state index >= 15 is 0 Å². The van der Waals surface area contributed by atoms with Gasteiger partial charge in [-0.1, -0.05) is 6.07 Å². The van der Waals surface area contributed by atoms with Gasteiger partial charge < -0.3 is 10.1 Å². The molecule has 1 aliphatic heterocycles. The second-order valence-electron chi connectivity index (χ2n) is 4.82. The second kappa shape index (κ2) is 5.54. The predicted molar refractivity (Wildman–Crippen MR) is 77.5 cm³/mol. The summed E-state index contributed by atoms with van der Waals surface area (Å²) in [7, 11) is 0. The van der Waals surface area contributed by atoms with Crippen LogP contribution >= 0.6 is 0 Å². The molecule has 2 aromatic rings. The minimum Gasteiger partial charge on any atom is -0.376 e. The average molecular weight is 270 g/mol. The molecular formula is C15H18N4O. The van der Waals surface area contributed by atoms with Gasteiger partial charge in [0.1, 0.15) is 11.5 Å². The molecule has 0 fully saturated rings. The van der Waals surface area contributed by atoms with Crippen molar-refractivity contribution in [1.29, 1.82) is 0 Å². The Hall–Kier alpha value is -2.01. The van der Waals surface area contributed by atoms with Gasteiger partial charge in [0.2, 0.25) is 0 Å². The maximum atomic E-state index is 5.51. The summed E-state index contributed by atoms with van der Waals surface area (Å²) in [5, 5.41) is 3.30. The number of aryl methyl sites for hydroxylation is 1. The Morgan fingerprint density at radius 1 is 1.25 bits per heavy atom. The van der Waals surface area contributed by atoms with Gasteiger partial charge in [0.05, 0.1) is 18.9 Å². The van der Waals surface area contributed by atoms with Crippen LogP contribution in [0.5, 0.6) is 0 Å². The number of rotatable bonds is 3. The topological polar surface area (TPSA) is 59.9 Å². The fourth-order valence-corrected chi connectivity index (χ4v) is 2.33. The highest BCUT2D eigenvalue weighted by Gasteiger charge is 2.18. The molecule has 5 nitrogen and oxygen atoms in total. The van der Waals surface area contributed by atoms with Gasteiger partial charge in [-0.05, 0) is 26.0 Å². The molecular weight excluding hydrogens is 252 g/mol. The van der Waals surface area contributed by atoms with E-state index in [1.807, 2.05) is 25.1 Å². The Labute approximate surface area is 118 Å². The van der Waals surface area contributed by atoms with Crippen molar-refractivity contribution in [3.05, 3.63) is 35.2 Å². The highest BCUT2D eigenvalue weighted by Crippen LogP contribution is 2.25. The molecule has 3 heterocycles. The van der Waals surface area contributed by atoms with E-state index in [2.05, 4.69) is 27.2 Å². The molecule has 0 saturated carbocycles. The van der Waals surface area contributed by atoms with Crippen molar-refractivity contribution >= 4 is 5.82 Å². The first-order valence-corrected chi connectivity index (χ1v) is 6.93. The number of ether oxygens (including phenoxy) is 1. The lowest BCUT2D eigenvalue weighted by Gasteiger charge is -2.19. The lowest BCUT2D eigenvalue weighted by Crippen LogP contribution is -2.17. The van der Waals surface area contributed by atoms with Crippen LogP contribution in [0, 0.1) is 6.92 Å². The lowest BCUT2D eigenvalue weighted by molar-refractivity contribution is 0.109. The normalized spacial score (nSPS) is 13.9. The van der Waals surface area contributed by atoms with Gasteiger partial charge in [0, 0.05) is 24.2 Å². The van der Waals surface area contributed by atoms with Crippen LogP contribution in [-0.2, 0) is 17.8 Å². The van der Waals surface area contributed by atoms with Crippen LogP contribution in [0.15, 0.2) is 18.2 Å². The molecule has 20 heavy (non-hydrogen) atoms. The highest BCUT2D eigenvalue weighted by atomic mass is 16.5. The van der Waals surface area contributed by atoms with Crippen LogP contribution in [0.4, 0.5) is 5.82 Å². The van der Waals surface area contributed by atoms with Crippen molar-refractivity contribution in [2.45, 2.75) is 26.9 Å². The molecule has 0 atom stereocenters. The van der Waals surface area contributed by atoms with Crippen molar-refractivity contribution in [2.24, 2.45) is 0 Å². The lowest BCUT2D eigenvalue weighted by atomic mass is 10.1. The number of aromatic nitrogens is 3. The first-order valence-electron chi connectivity index (χ1n) is 6.93. The number of hydrogen-bond donors (Lipinski definition) is 1. The molecule has 0 unspecified atom stereocenters. The van der Waals surface area contributed by atoms with E-state index in [4.69, 9.17) is 4.74 Å². The number of anilines is 1. The third-order valence-corrected chi connectivity index (χ3v) is 3.28. The predicted octanol–water partition coefficient (Wildman–Crippen LogP) is 2.35. The Balaban J connectivity index is 2.10. The third-order valence-electron chi connectivity index (χ3n) is 3.28. The van der Waals surface area contributed by atoms with E-state index < -0.39 is 0 Å². The molecule has 5 heteroatoms. The Morgan fingerprint density at radius 2 is 2.15 bits per heavy atom. The summed E-state index contributed by atoms with van der Waals surface area (Å²) in [4.78, 5) is 13.8. The molecule has 0 amide bonds. The molecule has 104 valence electrons. The van der Waals surface area contributed by atoms with Crippen LogP contribution in [0.2, 0.25) is 0 Å². The van der Waals surface area contributed by atoms with Gasteiger partial charge in [-0.15, -0.1) is 0 Å². The second-order valence-corrected chi connectivity index (χ2v) is 4.82. The van der Waals surface area contributed by atoms with E-state index in [1.165, 1.54) is 0 Å². The largest absolute Gasteiger partial charge is 0.376 e. The molecule has 3 rings (SSSR count). The van der Waals surface area contributed by atoms with E-state index in [9.17, 15) is 0 Å². The fraction of sp³-hybridized carbons (Fsp3) is 0.400. The van der Waals surface area contributed by atoms with Gasteiger partial charge >= 0.3 is 0 Å². The third kappa shape index (κ3) is 2.49. The molecule has 0 aliphatic carbocycles. The Kier molecular flexibility index (Phi) is 3.60. The van der Waals surface area contributed by atoms with Gasteiger partial charge in [-0.2, -0.15) is 0 Å². The first-order chi connectivity index (χ1) is 9.78. The summed E-state index contributed by atoms with van der Waals surface area (Å²) in [6.45, 7) is 6.16. The van der Waals surface area contributed by atoms with Gasteiger partial charge in [-0.25, -0.2) is 15.0 Å². The zero-order valence-electron chi connectivity index (χ0n) is 11.8. The smallest absolute Gasteiger partial charge is 0.180 e. The first kappa shape index (κ1) is 13.0. The Morgan fingerprint density at radius 3 is 2.95 bits per heavy atom. The van der Waals surface area contributed by atoms with Crippen LogP contribution in [-0.4, -0.2) is 28.1 Å². The molecule has 0 aromatic carbocycles. The standard InChI is InChI=1S/C15H18N4O/c1-3-16-14-11-9-20-8-7-12(11)18-15(19-14)13-6-4-5-10(2)17-13/h4-6H,3,7-9H2,1-2H3,(H,16,18,19). The van der Waals surface area contributed by atoms with Crippen LogP contribution in [0.3, 0.4) is 0 Å². The summed E-state index contributed by atoms with van der Waals surface area (Å²) < 4.78 is 5.51. The van der Waals surface area contributed by atoms with Crippen LogP contribution in [0.1, 0.15) is 23.9 Å². The van der Waals surface area contributed by atoms with E-state index in [-0.39, 0.29) is 0 Å². The quantitative estimate of drug-likeness (QED) is 0.927. The fourth-order valence-electron chi connectivity index (χ4n) is 2.33. The monoisotopic (exact) mass is 270 g/mol. The number of pyridine rings is 1. The molecule has 2 aromatic heterocycles. The van der Waals surface area contributed by atoms with E-state index in [0.717, 1.165) is 48.0 Å². The zero-order chi connectivity index (χ0) is 13.9. The summed E-state index contributed by atoms with van der Waals surface area (Å²) in [6, 6.07) is 5.90. The minimum atomic E-state index is 0.583. The highest BCUT2D eigenvalue weighted by molar-refractivity contribution is 5.57. The maximum Gasteiger partial charge on any atom is 0.180 e. The van der Waals surface area contributed by atoms with Gasteiger partial charge in [-0.3, -0.25) is 0 Å². The number of fused-ring (bicyclic) bond motifs is 1. The SMILES string of the molecule is CCNc1nc(-c2cccc(C)n2)nc2c1COCC2. The van der Waals surface area contributed by atoms with Crippen LogP contribution < -0.4 is 5.32 Å². The number of hydrogen-bond acceptors (Lipinski definition) is 5. The van der Waals surface area contributed by atoms with Crippen molar-refractivity contribution in [3.8, 4) is 11.5 Å². The summed E-state index contributed by atoms with van der Waals surface area (Å²) >= 11 is 0. The van der Waals surface area contributed by atoms with Crippen molar-refractivity contribution in [1.82, 2.24) is 15.0 Å². The molecule has 0 radical (unpaired) electrons. The van der Waals surface area contributed by atoms with Crippen molar-refractivity contribution < 1.29 is 4.74 Å². The number of nitrogens with one attached hydrogen (secondary N) is 1. The van der Waals surface area contributed by atoms with Gasteiger partial charge in [0.25, 0.3) is 0 Å². The molecule has 0 saturated heterocycles. The average Bonchev–Trinajstić information content (AvgIpc) is 2.47. The molecule has 1 N–H and O–H groups in total.